The molecule has 0 aliphatic carbocycles. The molecule has 1 aromatic rings. The molecule has 1 fully saturated rings. The van der Waals surface area contributed by atoms with Gasteiger partial charge in [-0.3, -0.25) is 14.4 Å². The summed E-state index contributed by atoms with van der Waals surface area (Å²) in [5, 5.41) is 20.2. The zero-order chi connectivity index (χ0) is 29.0. The molecular weight excluding hydrogens is 502 g/mol. The summed E-state index contributed by atoms with van der Waals surface area (Å²) >= 11 is 0. The third-order valence-electron chi connectivity index (χ3n) is 6.14. The van der Waals surface area contributed by atoms with E-state index in [1.54, 1.807) is 6.92 Å². The van der Waals surface area contributed by atoms with Crippen LogP contribution in [0.2, 0.25) is 0 Å². The quantitative estimate of drug-likeness (QED) is 0.297. The molecule has 0 saturated carbocycles. The van der Waals surface area contributed by atoms with Gasteiger partial charge in [-0.2, -0.15) is 5.26 Å². The van der Waals surface area contributed by atoms with Crippen molar-refractivity contribution in [3.63, 3.8) is 0 Å². The number of alkyl carbamates (subject to hydrolysis) is 1. The number of ether oxygens (including phenoxy) is 2. The Morgan fingerprint density at radius 1 is 1.13 bits per heavy atom. The molecule has 1 heterocycles. The van der Waals surface area contributed by atoms with Gasteiger partial charge < -0.3 is 30.7 Å². The number of nitriles is 1. The monoisotopic (exact) mass is 543 g/mol. The van der Waals surface area contributed by atoms with Crippen molar-refractivity contribution in [3.05, 3.63) is 35.9 Å². The van der Waals surface area contributed by atoms with Crippen molar-refractivity contribution in [1.82, 2.24) is 21.3 Å². The van der Waals surface area contributed by atoms with Crippen molar-refractivity contribution in [2.75, 3.05) is 6.54 Å². The zero-order valence-electron chi connectivity index (χ0n) is 23.4. The van der Waals surface area contributed by atoms with Crippen molar-refractivity contribution in [3.8, 4) is 6.07 Å². The van der Waals surface area contributed by atoms with Crippen LogP contribution in [-0.2, 0) is 30.5 Å². The van der Waals surface area contributed by atoms with Crippen LogP contribution in [0, 0.1) is 17.2 Å². The normalized spacial score (nSPS) is 18.1. The summed E-state index contributed by atoms with van der Waals surface area (Å²) < 4.78 is 11.2. The highest BCUT2D eigenvalue weighted by molar-refractivity contribution is 5.92. The zero-order valence-corrected chi connectivity index (χ0v) is 23.4. The van der Waals surface area contributed by atoms with Gasteiger partial charge in [0, 0.05) is 12.5 Å². The van der Waals surface area contributed by atoms with Crippen molar-refractivity contribution < 1.29 is 28.7 Å². The Kier molecular flexibility index (Phi) is 12.2. The summed E-state index contributed by atoms with van der Waals surface area (Å²) in [6.07, 6.45) is 0.105. The van der Waals surface area contributed by atoms with Gasteiger partial charge in [0.2, 0.25) is 17.7 Å². The van der Waals surface area contributed by atoms with Crippen LogP contribution in [0.3, 0.4) is 0 Å². The standard InChI is InChI=1S/C28H41N5O6/c1-6-10-22(25(35)31-21(16-29)15-20-13-14-30-24(20)34)32-26(36)23(18(2)39-28(3,4)5)33-27(37)38-17-19-11-8-7-9-12-19/h7-9,11-12,18,20-23H,6,10,13-15,17H2,1-5H3,(H,30,34)(H,31,35)(H,32,36)(H,33,37)/t18-,20+,21+,22+,23+/m1/s1. The van der Waals surface area contributed by atoms with Gasteiger partial charge in [0.15, 0.2) is 0 Å². The van der Waals surface area contributed by atoms with Gasteiger partial charge in [-0.1, -0.05) is 43.7 Å². The first-order chi connectivity index (χ1) is 18.4. The minimum absolute atomic E-state index is 0.0188. The molecule has 1 aliphatic rings. The molecule has 0 radical (unpaired) electrons. The second-order valence-electron chi connectivity index (χ2n) is 10.7. The molecule has 1 aliphatic heterocycles. The van der Waals surface area contributed by atoms with Gasteiger partial charge in [-0.25, -0.2) is 4.79 Å². The van der Waals surface area contributed by atoms with Gasteiger partial charge >= 0.3 is 6.09 Å². The average Bonchev–Trinajstić information content (AvgIpc) is 3.28. The lowest BCUT2D eigenvalue weighted by atomic mass is 9.98. The minimum Gasteiger partial charge on any atom is -0.445 e. The maximum atomic E-state index is 13.4. The first-order valence-electron chi connectivity index (χ1n) is 13.4. The molecule has 0 spiro atoms. The highest BCUT2D eigenvalue weighted by Gasteiger charge is 2.34. The van der Waals surface area contributed by atoms with E-state index < -0.39 is 47.7 Å². The molecule has 2 rings (SSSR count). The first-order valence-corrected chi connectivity index (χ1v) is 13.4. The second kappa shape index (κ2) is 15.1. The van der Waals surface area contributed by atoms with Gasteiger partial charge in [0.05, 0.1) is 17.8 Å². The number of amides is 4. The van der Waals surface area contributed by atoms with E-state index in [4.69, 9.17) is 9.47 Å². The third-order valence-corrected chi connectivity index (χ3v) is 6.14. The van der Waals surface area contributed by atoms with Crippen LogP contribution >= 0.6 is 0 Å². The number of hydrogen-bond donors (Lipinski definition) is 4. The number of carbonyl (C=O) groups excluding carboxylic acids is 4. The van der Waals surface area contributed by atoms with Crippen LogP contribution in [-0.4, -0.2) is 60.2 Å². The maximum Gasteiger partial charge on any atom is 0.408 e. The van der Waals surface area contributed by atoms with E-state index >= 15 is 0 Å². The Morgan fingerprint density at radius 2 is 1.82 bits per heavy atom. The molecule has 11 heteroatoms. The first kappa shape index (κ1) is 31.6. The summed E-state index contributed by atoms with van der Waals surface area (Å²) in [6, 6.07) is 8.15. The third kappa shape index (κ3) is 10.9. The van der Waals surface area contributed by atoms with Gasteiger partial charge in [-0.15, -0.1) is 0 Å². The van der Waals surface area contributed by atoms with Gasteiger partial charge in [0.1, 0.15) is 24.7 Å². The van der Waals surface area contributed by atoms with Crippen LogP contribution in [0.4, 0.5) is 4.79 Å². The van der Waals surface area contributed by atoms with Crippen LogP contribution in [0.25, 0.3) is 0 Å². The molecule has 4 N–H and O–H groups in total. The van der Waals surface area contributed by atoms with Crippen LogP contribution in [0.15, 0.2) is 30.3 Å². The molecule has 214 valence electrons. The van der Waals surface area contributed by atoms with E-state index in [2.05, 4.69) is 21.3 Å². The summed E-state index contributed by atoms with van der Waals surface area (Å²) in [4.78, 5) is 51.0. The molecule has 5 atom stereocenters. The Labute approximate surface area is 230 Å². The lowest BCUT2D eigenvalue weighted by molar-refractivity contribution is -0.135. The van der Waals surface area contributed by atoms with E-state index in [9.17, 15) is 24.4 Å². The van der Waals surface area contributed by atoms with E-state index in [-0.39, 0.29) is 24.9 Å². The average molecular weight is 544 g/mol. The van der Waals surface area contributed by atoms with Crippen LogP contribution in [0.5, 0.6) is 0 Å². The second-order valence-corrected chi connectivity index (χ2v) is 10.7. The lowest BCUT2D eigenvalue weighted by Crippen LogP contribution is -2.58. The fraction of sp³-hybridized carbons (Fsp3) is 0.607. The summed E-state index contributed by atoms with van der Waals surface area (Å²) in [5.74, 6) is -1.64. The predicted octanol–water partition coefficient (Wildman–Crippen LogP) is 2.30. The molecule has 4 amide bonds. The Bertz CT molecular complexity index is 1020. The van der Waals surface area contributed by atoms with Crippen LogP contribution in [0.1, 0.15) is 65.9 Å². The topological polar surface area (TPSA) is 159 Å². The van der Waals surface area contributed by atoms with Gasteiger partial charge in [-0.05, 0) is 52.5 Å². The number of nitrogens with one attached hydrogen (secondary N) is 4. The molecule has 0 aromatic heterocycles. The Balaban J connectivity index is 2.09. The molecule has 39 heavy (non-hydrogen) atoms. The molecule has 0 bridgehead atoms. The number of nitrogens with zero attached hydrogens (tertiary/aromatic N) is 1. The highest BCUT2D eigenvalue weighted by Crippen LogP contribution is 2.17. The summed E-state index contributed by atoms with van der Waals surface area (Å²) in [7, 11) is 0. The van der Waals surface area contributed by atoms with E-state index in [1.807, 2.05) is 64.1 Å². The molecule has 1 saturated heterocycles. The number of benzene rings is 1. The molecular formula is C28H41N5O6. The SMILES string of the molecule is CCC[C@H](NC(=O)[C@@H](NC(=O)OCc1ccccc1)[C@@H](C)OC(C)(C)C)C(=O)N[C@H](C#N)C[C@@H]1CCNC1=O. The van der Waals surface area contributed by atoms with E-state index in [1.165, 1.54) is 0 Å². The smallest absolute Gasteiger partial charge is 0.408 e. The largest absolute Gasteiger partial charge is 0.445 e. The van der Waals surface area contributed by atoms with E-state index in [0.29, 0.717) is 25.8 Å². The number of rotatable bonds is 13. The highest BCUT2D eigenvalue weighted by atomic mass is 16.6. The maximum absolute atomic E-state index is 13.4. The number of hydrogen-bond acceptors (Lipinski definition) is 7. The Morgan fingerprint density at radius 3 is 2.38 bits per heavy atom. The fourth-order valence-corrected chi connectivity index (χ4v) is 4.30. The molecule has 11 nitrogen and oxygen atoms in total. The fourth-order valence-electron chi connectivity index (χ4n) is 4.30. The van der Waals surface area contributed by atoms with Crippen molar-refractivity contribution >= 4 is 23.8 Å². The van der Waals surface area contributed by atoms with Crippen molar-refractivity contribution in [1.29, 1.82) is 5.26 Å². The molecule has 1 aromatic carbocycles. The van der Waals surface area contributed by atoms with Crippen molar-refractivity contribution in [2.24, 2.45) is 5.92 Å². The summed E-state index contributed by atoms with van der Waals surface area (Å²) in [5.41, 5.74) is 0.176. The molecule has 0 unspecified atom stereocenters. The Hall–Kier alpha value is -3.65. The van der Waals surface area contributed by atoms with Gasteiger partial charge in [0.25, 0.3) is 0 Å². The predicted molar refractivity (Wildman–Crippen MR) is 144 cm³/mol. The van der Waals surface area contributed by atoms with E-state index in [0.717, 1.165) is 5.56 Å². The summed E-state index contributed by atoms with van der Waals surface area (Å²) in [6.45, 7) is 9.55. The number of carbonyl (C=O) groups is 4. The minimum atomic E-state index is -1.16. The van der Waals surface area contributed by atoms with Crippen LogP contribution < -0.4 is 21.3 Å². The lowest BCUT2D eigenvalue weighted by Gasteiger charge is -2.31. The van der Waals surface area contributed by atoms with Crippen molar-refractivity contribution in [2.45, 2.75) is 96.7 Å².